The van der Waals surface area contributed by atoms with Crippen LogP contribution in [0.3, 0.4) is 0 Å². The minimum atomic E-state index is -0.216. The molecule has 0 amide bonds. The van der Waals surface area contributed by atoms with E-state index < -0.39 is 0 Å². The van der Waals surface area contributed by atoms with Crippen molar-refractivity contribution in [3.05, 3.63) is 17.3 Å². The maximum absolute atomic E-state index is 9.41. The van der Waals surface area contributed by atoms with Crippen molar-refractivity contribution in [1.82, 2.24) is 4.98 Å². The average molecular weight is 181 g/mol. The Hall–Kier alpha value is -0.830. The third-order valence-corrected chi connectivity index (χ3v) is 2.42. The highest BCUT2D eigenvalue weighted by molar-refractivity contribution is 5.14. The van der Waals surface area contributed by atoms with Gasteiger partial charge in [-0.2, -0.15) is 0 Å². The first kappa shape index (κ1) is 8.75. The predicted molar refractivity (Wildman–Crippen MR) is 48.5 cm³/mol. The molecule has 1 unspecified atom stereocenters. The molecule has 1 N–H and O–H groups in total. The van der Waals surface area contributed by atoms with Gasteiger partial charge in [0, 0.05) is 19.3 Å². The molecule has 0 aliphatic heterocycles. The summed E-state index contributed by atoms with van der Waals surface area (Å²) < 4.78 is 5.57. The number of hydrogen-bond acceptors (Lipinski definition) is 3. The van der Waals surface area contributed by atoms with Gasteiger partial charge in [0.15, 0.2) is 5.89 Å². The van der Waals surface area contributed by atoms with Crippen LogP contribution in [0.1, 0.15) is 37.1 Å². The van der Waals surface area contributed by atoms with Crippen molar-refractivity contribution in [3.63, 3.8) is 0 Å². The Morgan fingerprint density at radius 1 is 1.62 bits per heavy atom. The quantitative estimate of drug-likeness (QED) is 0.751. The molecule has 0 aromatic carbocycles. The Morgan fingerprint density at radius 3 is 3.23 bits per heavy atom. The van der Waals surface area contributed by atoms with Crippen LogP contribution in [-0.2, 0) is 19.3 Å². The zero-order valence-corrected chi connectivity index (χ0v) is 7.92. The number of aryl methyl sites for hydroxylation is 2. The summed E-state index contributed by atoms with van der Waals surface area (Å²) in [5, 5.41) is 9.41. The fourth-order valence-electron chi connectivity index (χ4n) is 1.74. The van der Waals surface area contributed by atoms with E-state index in [9.17, 15) is 5.11 Å². The van der Waals surface area contributed by atoms with Crippen molar-refractivity contribution in [2.75, 3.05) is 0 Å². The fourth-order valence-corrected chi connectivity index (χ4v) is 1.74. The number of aliphatic hydroxyl groups is 1. The standard InChI is InChI=1S/C10H15NO2/c1-2-3-10-11-8-6-7(12)4-5-9(8)13-10/h7,12H,2-6H2,1H3. The summed E-state index contributed by atoms with van der Waals surface area (Å²) in [7, 11) is 0. The topological polar surface area (TPSA) is 46.3 Å². The lowest BCUT2D eigenvalue weighted by molar-refractivity contribution is 0.153. The van der Waals surface area contributed by atoms with Gasteiger partial charge in [0.2, 0.25) is 0 Å². The van der Waals surface area contributed by atoms with Gasteiger partial charge in [-0.25, -0.2) is 4.98 Å². The molecular formula is C10H15NO2. The SMILES string of the molecule is CCCc1nc2c(o1)CCC(O)C2. The Morgan fingerprint density at radius 2 is 2.46 bits per heavy atom. The smallest absolute Gasteiger partial charge is 0.194 e. The third-order valence-electron chi connectivity index (χ3n) is 2.42. The van der Waals surface area contributed by atoms with Gasteiger partial charge in [0.25, 0.3) is 0 Å². The van der Waals surface area contributed by atoms with Crippen molar-refractivity contribution in [2.45, 2.75) is 45.1 Å². The van der Waals surface area contributed by atoms with Crippen LogP contribution in [0, 0.1) is 0 Å². The van der Waals surface area contributed by atoms with Crippen LogP contribution in [0.2, 0.25) is 0 Å². The molecule has 72 valence electrons. The summed E-state index contributed by atoms with van der Waals surface area (Å²) >= 11 is 0. The minimum Gasteiger partial charge on any atom is -0.445 e. The zero-order chi connectivity index (χ0) is 9.26. The molecule has 1 aromatic heterocycles. The Labute approximate surface area is 77.8 Å². The summed E-state index contributed by atoms with van der Waals surface area (Å²) in [6.07, 6.45) is 4.07. The second-order valence-corrected chi connectivity index (χ2v) is 3.62. The number of fused-ring (bicyclic) bond motifs is 1. The number of hydrogen-bond donors (Lipinski definition) is 1. The number of nitrogens with zero attached hydrogens (tertiary/aromatic N) is 1. The first-order valence-corrected chi connectivity index (χ1v) is 4.95. The molecule has 1 atom stereocenters. The molecular weight excluding hydrogens is 166 g/mol. The molecule has 3 nitrogen and oxygen atoms in total. The van der Waals surface area contributed by atoms with Gasteiger partial charge < -0.3 is 9.52 Å². The molecule has 0 radical (unpaired) electrons. The van der Waals surface area contributed by atoms with Gasteiger partial charge in [0.1, 0.15) is 5.76 Å². The molecule has 1 heterocycles. The van der Waals surface area contributed by atoms with Crippen molar-refractivity contribution in [1.29, 1.82) is 0 Å². The normalized spacial score (nSPS) is 21.5. The van der Waals surface area contributed by atoms with Gasteiger partial charge in [-0.3, -0.25) is 0 Å². The maximum atomic E-state index is 9.41. The molecule has 0 saturated heterocycles. The molecule has 0 saturated carbocycles. The Kier molecular flexibility index (Phi) is 2.36. The molecule has 3 heteroatoms. The second kappa shape index (κ2) is 3.50. The number of rotatable bonds is 2. The van der Waals surface area contributed by atoms with Gasteiger partial charge >= 0.3 is 0 Å². The highest BCUT2D eigenvalue weighted by Gasteiger charge is 2.21. The Bertz CT molecular complexity index is 293. The first-order valence-electron chi connectivity index (χ1n) is 4.95. The van der Waals surface area contributed by atoms with Crippen molar-refractivity contribution in [2.24, 2.45) is 0 Å². The molecule has 1 aliphatic rings. The van der Waals surface area contributed by atoms with Crippen LogP contribution in [0.25, 0.3) is 0 Å². The summed E-state index contributed by atoms with van der Waals surface area (Å²) in [5.41, 5.74) is 0.974. The lowest BCUT2D eigenvalue weighted by Gasteiger charge is -2.13. The molecule has 2 rings (SSSR count). The maximum Gasteiger partial charge on any atom is 0.194 e. The first-order chi connectivity index (χ1) is 6.29. The highest BCUT2D eigenvalue weighted by atomic mass is 16.4. The van der Waals surface area contributed by atoms with Crippen LogP contribution in [-0.4, -0.2) is 16.2 Å². The van der Waals surface area contributed by atoms with Crippen molar-refractivity contribution in [3.8, 4) is 0 Å². The minimum absolute atomic E-state index is 0.216. The zero-order valence-electron chi connectivity index (χ0n) is 7.92. The average Bonchev–Trinajstić information content (AvgIpc) is 2.46. The Balaban J connectivity index is 2.18. The number of aromatic nitrogens is 1. The predicted octanol–water partition coefficient (Wildman–Crippen LogP) is 1.48. The van der Waals surface area contributed by atoms with E-state index in [-0.39, 0.29) is 6.10 Å². The van der Waals surface area contributed by atoms with Crippen LogP contribution >= 0.6 is 0 Å². The van der Waals surface area contributed by atoms with Gasteiger partial charge in [-0.15, -0.1) is 0 Å². The lowest BCUT2D eigenvalue weighted by atomic mass is 9.99. The molecule has 0 bridgehead atoms. The van der Waals surface area contributed by atoms with E-state index in [1.807, 2.05) is 0 Å². The lowest BCUT2D eigenvalue weighted by Crippen LogP contribution is -2.17. The second-order valence-electron chi connectivity index (χ2n) is 3.62. The fraction of sp³-hybridized carbons (Fsp3) is 0.700. The molecule has 1 aromatic rings. The summed E-state index contributed by atoms with van der Waals surface area (Å²) in [6.45, 7) is 2.11. The van der Waals surface area contributed by atoms with E-state index in [0.29, 0.717) is 6.42 Å². The van der Waals surface area contributed by atoms with Gasteiger partial charge in [0.05, 0.1) is 11.8 Å². The van der Waals surface area contributed by atoms with E-state index in [1.54, 1.807) is 0 Å². The van der Waals surface area contributed by atoms with E-state index in [2.05, 4.69) is 11.9 Å². The van der Waals surface area contributed by atoms with Gasteiger partial charge in [-0.1, -0.05) is 6.92 Å². The molecule has 1 aliphatic carbocycles. The van der Waals surface area contributed by atoms with Crippen LogP contribution in [0.15, 0.2) is 4.42 Å². The summed E-state index contributed by atoms with van der Waals surface area (Å²) in [6, 6.07) is 0. The van der Waals surface area contributed by atoms with Crippen LogP contribution in [0.5, 0.6) is 0 Å². The van der Waals surface area contributed by atoms with Crippen LogP contribution in [0.4, 0.5) is 0 Å². The molecule has 13 heavy (non-hydrogen) atoms. The molecule has 0 spiro atoms. The summed E-state index contributed by atoms with van der Waals surface area (Å²) in [4.78, 5) is 4.36. The highest BCUT2D eigenvalue weighted by Crippen LogP contribution is 2.22. The number of oxazole rings is 1. The van der Waals surface area contributed by atoms with E-state index in [0.717, 1.165) is 43.0 Å². The van der Waals surface area contributed by atoms with Crippen molar-refractivity contribution >= 4 is 0 Å². The summed E-state index contributed by atoms with van der Waals surface area (Å²) in [5.74, 6) is 1.83. The van der Waals surface area contributed by atoms with E-state index in [1.165, 1.54) is 0 Å². The third kappa shape index (κ3) is 1.75. The molecule has 0 fully saturated rings. The van der Waals surface area contributed by atoms with Crippen LogP contribution < -0.4 is 0 Å². The van der Waals surface area contributed by atoms with Crippen molar-refractivity contribution < 1.29 is 9.52 Å². The van der Waals surface area contributed by atoms with Gasteiger partial charge in [-0.05, 0) is 12.8 Å². The largest absolute Gasteiger partial charge is 0.445 e. The van der Waals surface area contributed by atoms with E-state index in [4.69, 9.17) is 4.42 Å². The number of aliphatic hydroxyl groups excluding tert-OH is 1. The van der Waals surface area contributed by atoms with E-state index >= 15 is 0 Å². The monoisotopic (exact) mass is 181 g/mol.